The fraction of sp³-hybridized carbons (Fsp3) is 0.233. The second kappa shape index (κ2) is 11.7. The minimum Gasteiger partial charge on any atom is -0.484 e. The molecule has 1 amide bonds. The smallest absolute Gasteiger partial charge is 0.435 e. The number of benzene rings is 3. The predicted octanol–water partition coefficient (Wildman–Crippen LogP) is 6.92. The maximum Gasteiger partial charge on any atom is 0.435 e. The number of aromatic nitrogens is 2. The quantitative estimate of drug-likeness (QED) is 0.220. The number of carbonyl (C=O) groups excluding carboxylic acids is 1. The largest absolute Gasteiger partial charge is 0.484 e. The van der Waals surface area contributed by atoms with Gasteiger partial charge in [-0.05, 0) is 73.9 Å². The molecular formula is C30H24F5N3O5. The molecule has 5 rings (SSSR count). The first-order chi connectivity index (χ1) is 20.4. The van der Waals surface area contributed by atoms with Crippen molar-refractivity contribution in [2.45, 2.75) is 38.2 Å². The highest BCUT2D eigenvalue weighted by molar-refractivity contribution is 6.06. The molecule has 1 atom stereocenters. The van der Waals surface area contributed by atoms with E-state index in [9.17, 15) is 31.5 Å². The standard InChI is InChI=1S/C30H24F5N3O5/c1-37(19-6-3-8-22(16-19)43-29(31)32)27(39)18-5-2-7-20(15-18)38-25-23(26(36-38)30(33,34)35)9-4-10-24(25)42-21-13-11-17(12-14-21)28(40)41/h2-3,5-8,11-16,24,29H,4,9-10H2,1H3,(H,40,41). The number of hydrogen-bond acceptors (Lipinski definition) is 5. The number of alkyl halides is 5. The van der Waals surface area contributed by atoms with E-state index in [-0.39, 0.29) is 51.7 Å². The summed E-state index contributed by atoms with van der Waals surface area (Å²) in [6.45, 7) is -3.05. The van der Waals surface area contributed by atoms with Gasteiger partial charge in [0.25, 0.3) is 5.91 Å². The van der Waals surface area contributed by atoms with Crippen molar-refractivity contribution in [3.63, 3.8) is 0 Å². The van der Waals surface area contributed by atoms with Gasteiger partial charge in [0.1, 0.15) is 17.6 Å². The minimum absolute atomic E-state index is 0.0180. The number of aromatic carboxylic acids is 1. The first kappa shape index (κ1) is 29.5. The third-order valence-electron chi connectivity index (χ3n) is 6.94. The average Bonchev–Trinajstić information content (AvgIpc) is 3.38. The Labute approximate surface area is 241 Å². The molecule has 0 spiro atoms. The highest BCUT2D eigenvalue weighted by atomic mass is 19.4. The van der Waals surface area contributed by atoms with Crippen molar-refractivity contribution >= 4 is 17.6 Å². The molecule has 1 aliphatic rings. The second-order valence-corrected chi connectivity index (χ2v) is 9.74. The van der Waals surface area contributed by atoms with Gasteiger partial charge in [0, 0.05) is 29.9 Å². The molecule has 0 saturated heterocycles. The van der Waals surface area contributed by atoms with E-state index in [0.29, 0.717) is 12.8 Å². The Morgan fingerprint density at radius 2 is 1.72 bits per heavy atom. The number of fused-ring (bicyclic) bond motifs is 1. The summed E-state index contributed by atoms with van der Waals surface area (Å²) in [5, 5.41) is 13.1. The fourth-order valence-corrected chi connectivity index (χ4v) is 4.97. The Kier molecular flexibility index (Phi) is 8.07. The van der Waals surface area contributed by atoms with Gasteiger partial charge in [-0.25, -0.2) is 9.48 Å². The number of halogens is 5. The molecule has 8 nitrogen and oxygen atoms in total. The number of carbonyl (C=O) groups is 2. The summed E-state index contributed by atoms with van der Waals surface area (Å²) in [5.74, 6) is -1.56. The van der Waals surface area contributed by atoms with Crippen molar-refractivity contribution in [1.29, 1.82) is 0 Å². The second-order valence-electron chi connectivity index (χ2n) is 9.74. The summed E-state index contributed by atoms with van der Waals surface area (Å²) < 4.78 is 79.2. The Bertz CT molecular complexity index is 1650. The Balaban J connectivity index is 1.51. The fourth-order valence-electron chi connectivity index (χ4n) is 4.97. The molecule has 1 unspecified atom stereocenters. The van der Waals surface area contributed by atoms with Crippen LogP contribution in [-0.4, -0.2) is 40.4 Å². The summed E-state index contributed by atoms with van der Waals surface area (Å²) in [5.41, 5.74) is -0.325. The van der Waals surface area contributed by atoms with Crippen molar-refractivity contribution in [2.75, 3.05) is 11.9 Å². The number of anilines is 1. The number of nitrogens with zero attached hydrogens (tertiary/aromatic N) is 3. The van der Waals surface area contributed by atoms with Crippen molar-refractivity contribution in [2.24, 2.45) is 0 Å². The van der Waals surface area contributed by atoms with Crippen molar-refractivity contribution in [1.82, 2.24) is 9.78 Å². The van der Waals surface area contributed by atoms with Crippen molar-refractivity contribution in [3.8, 4) is 17.2 Å². The zero-order valence-electron chi connectivity index (χ0n) is 22.5. The van der Waals surface area contributed by atoms with E-state index in [1.807, 2.05) is 0 Å². The predicted molar refractivity (Wildman–Crippen MR) is 144 cm³/mol. The molecular weight excluding hydrogens is 577 g/mol. The van der Waals surface area contributed by atoms with Crippen LogP contribution in [0.3, 0.4) is 0 Å². The molecule has 0 saturated carbocycles. The zero-order valence-corrected chi connectivity index (χ0v) is 22.5. The van der Waals surface area contributed by atoms with Gasteiger partial charge in [0.15, 0.2) is 5.69 Å². The van der Waals surface area contributed by atoms with E-state index in [4.69, 9.17) is 9.84 Å². The molecule has 3 aromatic carbocycles. The molecule has 224 valence electrons. The van der Waals surface area contributed by atoms with E-state index in [0.717, 1.165) is 4.68 Å². The molecule has 1 aliphatic carbocycles. The van der Waals surface area contributed by atoms with E-state index in [1.54, 1.807) is 0 Å². The monoisotopic (exact) mass is 601 g/mol. The Hall–Kier alpha value is -4.94. The SMILES string of the molecule is CN(C(=O)c1cccc(-n2nc(C(F)(F)F)c3c2C(Oc2ccc(C(=O)O)cc2)CCC3)c1)c1cccc(OC(F)F)c1. The maximum atomic E-state index is 14.1. The summed E-state index contributed by atoms with van der Waals surface area (Å²) in [6, 6.07) is 16.9. The van der Waals surface area contributed by atoms with Gasteiger partial charge in [-0.3, -0.25) is 4.79 Å². The normalized spacial score (nSPS) is 14.7. The van der Waals surface area contributed by atoms with Gasteiger partial charge in [0.05, 0.1) is 16.9 Å². The molecule has 43 heavy (non-hydrogen) atoms. The van der Waals surface area contributed by atoms with Crippen LogP contribution in [0.2, 0.25) is 0 Å². The minimum atomic E-state index is -4.75. The summed E-state index contributed by atoms with van der Waals surface area (Å²) in [4.78, 5) is 25.8. The third-order valence-corrected chi connectivity index (χ3v) is 6.94. The van der Waals surface area contributed by atoms with Crippen LogP contribution in [-0.2, 0) is 12.6 Å². The molecule has 0 fully saturated rings. The highest BCUT2D eigenvalue weighted by Crippen LogP contribution is 2.42. The van der Waals surface area contributed by atoms with Crippen LogP contribution in [0.25, 0.3) is 5.69 Å². The van der Waals surface area contributed by atoms with Gasteiger partial charge in [-0.2, -0.15) is 27.1 Å². The van der Waals surface area contributed by atoms with Crippen LogP contribution in [0.15, 0.2) is 72.8 Å². The lowest BCUT2D eigenvalue weighted by molar-refractivity contribution is -0.142. The number of rotatable bonds is 8. The van der Waals surface area contributed by atoms with Crippen LogP contribution >= 0.6 is 0 Å². The van der Waals surface area contributed by atoms with E-state index < -0.39 is 36.5 Å². The van der Waals surface area contributed by atoms with Crippen molar-refractivity contribution < 1.29 is 46.1 Å². The van der Waals surface area contributed by atoms with Gasteiger partial charge in [-0.1, -0.05) is 12.1 Å². The molecule has 0 bridgehead atoms. The van der Waals surface area contributed by atoms with E-state index in [2.05, 4.69) is 9.84 Å². The van der Waals surface area contributed by atoms with Gasteiger partial charge >= 0.3 is 18.8 Å². The lowest BCUT2D eigenvalue weighted by atomic mass is 9.92. The van der Waals surface area contributed by atoms with Crippen molar-refractivity contribution in [3.05, 3.63) is 101 Å². The molecule has 0 aliphatic heterocycles. The number of carboxylic acids is 1. The Morgan fingerprint density at radius 3 is 2.40 bits per heavy atom. The molecule has 13 heteroatoms. The summed E-state index contributed by atoms with van der Waals surface area (Å²) >= 11 is 0. The molecule has 1 N–H and O–H groups in total. The van der Waals surface area contributed by atoms with E-state index in [1.165, 1.54) is 84.7 Å². The average molecular weight is 602 g/mol. The van der Waals surface area contributed by atoms with Crippen LogP contribution in [0.5, 0.6) is 11.5 Å². The highest BCUT2D eigenvalue weighted by Gasteiger charge is 2.42. The maximum absolute atomic E-state index is 14.1. The number of carboxylic acid groups (broad SMARTS) is 1. The van der Waals surface area contributed by atoms with Gasteiger partial charge < -0.3 is 19.5 Å². The lowest BCUT2D eigenvalue weighted by Crippen LogP contribution is -2.26. The van der Waals surface area contributed by atoms with Crippen LogP contribution in [0, 0.1) is 0 Å². The third kappa shape index (κ3) is 6.30. The first-order valence-corrected chi connectivity index (χ1v) is 13.0. The lowest BCUT2D eigenvalue weighted by Gasteiger charge is -2.26. The topological polar surface area (TPSA) is 93.9 Å². The number of hydrogen-bond donors (Lipinski definition) is 1. The number of ether oxygens (including phenoxy) is 2. The molecule has 1 aromatic heterocycles. The molecule has 1 heterocycles. The first-order valence-electron chi connectivity index (χ1n) is 13.0. The Morgan fingerprint density at radius 1 is 1.00 bits per heavy atom. The summed E-state index contributed by atoms with van der Waals surface area (Å²) in [7, 11) is 1.42. The number of amides is 1. The zero-order chi connectivity index (χ0) is 30.9. The van der Waals surface area contributed by atoms with Gasteiger partial charge in [0.2, 0.25) is 0 Å². The van der Waals surface area contributed by atoms with Crippen LogP contribution in [0.1, 0.15) is 56.6 Å². The van der Waals surface area contributed by atoms with Crippen LogP contribution in [0.4, 0.5) is 27.6 Å². The van der Waals surface area contributed by atoms with Gasteiger partial charge in [-0.15, -0.1) is 0 Å². The van der Waals surface area contributed by atoms with Crippen LogP contribution < -0.4 is 14.4 Å². The van der Waals surface area contributed by atoms with E-state index >= 15 is 0 Å². The molecule has 4 aromatic rings. The summed E-state index contributed by atoms with van der Waals surface area (Å²) in [6.07, 6.45) is -4.71. The molecule has 0 radical (unpaired) electrons.